The lowest BCUT2D eigenvalue weighted by Crippen LogP contribution is -2.11. The van der Waals surface area contributed by atoms with Crippen LogP contribution in [-0.4, -0.2) is 21.2 Å². The first kappa shape index (κ1) is 17.2. The molecule has 0 unspecified atom stereocenters. The molecule has 0 radical (unpaired) electrons. The molecule has 122 valence electrons. The number of aromatic nitrogens is 2. The van der Waals surface area contributed by atoms with E-state index in [1.54, 1.807) is 18.2 Å². The topological polar surface area (TPSA) is 75.1 Å². The van der Waals surface area contributed by atoms with Crippen LogP contribution in [-0.2, 0) is 0 Å². The molecule has 5 nitrogen and oxygen atoms in total. The van der Waals surface area contributed by atoms with Gasteiger partial charge in [0.1, 0.15) is 5.75 Å². The van der Waals surface area contributed by atoms with Gasteiger partial charge in [0.2, 0.25) is 5.13 Å². The van der Waals surface area contributed by atoms with Gasteiger partial charge in [0.05, 0.1) is 10.6 Å². The summed E-state index contributed by atoms with van der Waals surface area (Å²) >= 11 is 16.3. The fourth-order valence-electron chi connectivity index (χ4n) is 1.91. The fraction of sp³-hybridized carbons (Fsp3) is 0. The highest BCUT2D eigenvalue weighted by atomic mass is 79.9. The fourth-order valence-corrected chi connectivity index (χ4v) is 3.56. The van der Waals surface area contributed by atoms with E-state index in [2.05, 4.69) is 31.4 Å². The molecule has 24 heavy (non-hydrogen) atoms. The molecule has 0 fully saturated rings. The van der Waals surface area contributed by atoms with Gasteiger partial charge in [-0.25, -0.2) is 0 Å². The van der Waals surface area contributed by atoms with Gasteiger partial charge in [-0.3, -0.25) is 10.1 Å². The van der Waals surface area contributed by atoms with Crippen LogP contribution in [0.15, 0.2) is 40.9 Å². The summed E-state index contributed by atoms with van der Waals surface area (Å²) in [6.45, 7) is 0. The van der Waals surface area contributed by atoms with E-state index in [0.717, 1.165) is 15.8 Å². The van der Waals surface area contributed by atoms with E-state index in [4.69, 9.17) is 23.2 Å². The number of phenols is 1. The Balaban J connectivity index is 1.85. The van der Waals surface area contributed by atoms with Crippen LogP contribution in [0.2, 0.25) is 10.0 Å². The van der Waals surface area contributed by atoms with Crippen molar-refractivity contribution in [2.75, 3.05) is 5.32 Å². The van der Waals surface area contributed by atoms with Crippen LogP contribution in [0.5, 0.6) is 5.75 Å². The van der Waals surface area contributed by atoms with Crippen LogP contribution in [0.4, 0.5) is 5.13 Å². The van der Waals surface area contributed by atoms with Crippen LogP contribution in [0.25, 0.3) is 10.6 Å². The largest absolute Gasteiger partial charge is 0.506 e. The monoisotopic (exact) mass is 443 g/mol. The number of carbonyl (C=O) groups is 1. The second-order valence-electron chi connectivity index (χ2n) is 4.66. The van der Waals surface area contributed by atoms with Crippen molar-refractivity contribution in [2.45, 2.75) is 0 Å². The summed E-state index contributed by atoms with van der Waals surface area (Å²) in [5.74, 6) is -0.450. The van der Waals surface area contributed by atoms with E-state index in [1.807, 2.05) is 6.07 Å². The number of phenolic OH excluding ortho intramolecular Hbond substituents is 1. The third kappa shape index (κ3) is 3.70. The molecule has 1 heterocycles. The highest BCUT2D eigenvalue weighted by Crippen LogP contribution is 2.39. The minimum absolute atomic E-state index is 0.118. The van der Waals surface area contributed by atoms with Crippen molar-refractivity contribution in [1.82, 2.24) is 10.2 Å². The third-order valence-electron chi connectivity index (χ3n) is 2.99. The minimum Gasteiger partial charge on any atom is -0.506 e. The van der Waals surface area contributed by atoms with Crippen molar-refractivity contribution >= 4 is 61.5 Å². The summed E-state index contributed by atoms with van der Waals surface area (Å²) in [6.07, 6.45) is 0. The van der Waals surface area contributed by atoms with Gasteiger partial charge in [-0.1, -0.05) is 56.5 Å². The van der Waals surface area contributed by atoms with Crippen molar-refractivity contribution in [3.63, 3.8) is 0 Å². The number of hydrogen-bond donors (Lipinski definition) is 2. The molecule has 1 aromatic heterocycles. The quantitative estimate of drug-likeness (QED) is 0.579. The molecule has 0 aliphatic rings. The number of rotatable bonds is 3. The van der Waals surface area contributed by atoms with Crippen LogP contribution >= 0.6 is 50.5 Å². The third-order valence-corrected chi connectivity index (χ3v) is 4.86. The zero-order valence-electron chi connectivity index (χ0n) is 11.8. The van der Waals surface area contributed by atoms with Crippen molar-refractivity contribution in [2.24, 2.45) is 0 Å². The Labute approximate surface area is 159 Å². The summed E-state index contributed by atoms with van der Waals surface area (Å²) in [7, 11) is 0. The molecule has 2 aromatic carbocycles. The van der Waals surface area contributed by atoms with Crippen molar-refractivity contribution in [3.05, 3.63) is 56.5 Å². The molecule has 0 aliphatic carbocycles. The molecule has 0 aliphatic heterocycles. The van der Waals surface area contributed by atoms with Crippen LogP contribution in [0.3, 0.4) is 0 Å². The number of nitrogens with zero attached hydrogens (tertiary/aromatic N) is 2. The van der Waals surface area contributed by atoms with Gasteiger partial charge in [-0.05, 0) is 30.3 Å². The normalized spacial score (nSPS) is 10.6. The smallest absolute Gasteiger partial charge is 0.257 e. The number of nitrogens with one attached hydrogen (secondary N) is 1. The number of carbonyl (C=O) groups excluding carboxylic acids is 1. The lowest BCUT2D eigenvalue weighted by atomic mass is 10.2. The molecule has 2 N–H and O–H groups in total. The van der Waals surface area contributed by atoms with E-state index >= 15 is 0 Å². The minimum atomic E-state index is -0.313. The highest BCUT2D eigenvalue weighted by Gasteiger charge is 2.16. The summed E-state index contributed by atoms with van der Waals surface area (Å²) < 4.78 is 0.798. The predicted molar refractivity (Wildman–Crippen MR) is 99.1 cm³/mol. The number of halogens is 3. The predicted octanol–water partition coefficient (Wildman–Crippen LogP) is 5.23. The molecular weight excluding hydrogens is 437 g/mol. The number of hydrogen-bond acceptors (Lipinski definition) is 5. The Morgan fingerprint density at radius 2 is 2.00 bits per heavy atom. The first-order chi connectivity index (χ1) is 11.4. The molecule has 9 heteroatoms. The number of benzene rings is 2. The van der Waals surface area contributed by atoms with Crippen LogP contribution < -0.4 is 5.32 Å². The summed E-state index contributed by atoms with van der Waals surface area (Å²) in [5.41, 5.74) is 0.836. The molecule has 0 bridgehead atoms. The van der Waals surface area contributed by atoms with Gasteiger partial charge < -0.3 is 5.11 Å². The molecular formula is C15H8BrCl2N3O2S. The summed E-state index contributed by atoms with van der Waals surface area (Å²) in [6, 6.07) is 9.93. The SMILES string of the molecule is O=C(Nc1nnc(-c2cc(Cl)cc(Cl)c2O)s1)c1cccc(Br)c1. The molecule has 1 amide bonds. The number of amides is 1. The zero-order valence-corrected chi connectivity index (χ0v) is 15.7. The van der Waals surface area contributed by atoms with Crippen molar-refractivity contribution in [3.8, 4) is 16.3 Å². The average Bonchev–Trinajstić information content (AvgIpc) is 2.99. The second-order valence-corrected chi connectivity index (χ2v) is 7.40. The lowest BCUT2D eigenvalue weighted by molar-refractivity contribution is 0.102. The maximum absolute atomic E-state index is 12.2. The van der Waals surface area contributed by atoms with Gasteiger partial charge in [0.15, 0.2) is 5.01 Å². The Morgan fingerprint density at radius 1 is 1.21 bits per heavy atom. The van der Waals surface area contributed by atoms with Gasteiger partial charge in [0, 0.05) is 15.1 Å². The molecule has 0 atom stereocenters. The maximum Gasteiger partial charge on any atom is 0.257 e. The second kappa shape index (κ2) is 7.06. The van der Waals surface area contributed by atoms with Gasteiger partial charge in [-0.15, -0.1) is 10.2 Å². The van der Waals surface area contributed by atoms with Crippen molar-refractivity contribution in [1.29, 1.82) is 0 Å². The zero-order chi connectivity index (χ0) is 17.3. The summed E-state index contributed by atoms with van der Waals surface area (Å²) in [4.78, 5) is 12.2. The molecule has 0 saturated heterocycles. The lowest BCUT2D eigenvalue weighted by Gasteiger charge is -2.03. The Morgan fingerprint density at radius 3 is 2.75 bits per heavy atom. The number of anilines is 1. The van der Waals surface area contributed by atoms with E-state index in [-0.39, 0.29) is 16.7 Å². The van der Waals surface area contributed by atoms with Gasteiger partial charge >= 0.3 is 0 Å². The maximum atomic E-state index is 12.2. The Kier molecular flexibility index (Phi) is 5.05. The van der Waals surface area contributed by atoms with E-state index in [0.29, 0.717) is 26.3 Å². The van der Waals surface area contributed by atoms with E-state index in [1.165, 1.54) is 12.1 Å². The van der Waals surface area contributed by atoms with Crippen LogP contribution in [0.1, 0.15) is 10.4 Å². The Hall–Kier alpha value is -1.67. The Bertz CT molecular complexity index is 933. The molecule has 3 aromatic rings. The summed E-state index contributed by atoms with van der Waals surface area (Å²) in [5, 5.41) is 21.7. The average molecular weight is 445 g/mol. The van der Waals surface area contributed by atoms with Gasteiger partial charge in [-0.2, -0.15) is 0 Å². The first-order valence-corrected chi connectivity index (χ1v) is 8.89. The standard InChI is InChI=1S/C15H8BrCl2N3O2S/c16-8-3-1-2-7(4-8)13(23)19-15-21-20-14(24-15)10-5-9(17)6-11(18)12(10)22/h1-6,22H,(H,19,21,23). The van der Waals surface area contributed by atoms with Gasteiger partial charge in [0.25, 0.3) is 5.91 Å². The van der Waals surface area contributed by atoms with E-state index < -0.39 is 0 Å². The first-order valence-electron chi connectivity index (χ1n) is 6.53. The van der Waals surface area contributed by atoms with Crippen LogP contribution in [0, 0.1) is 0 Å². The van der Waals surface area contributed by atoms with Crippen molar-refractivity contribution < 1.29 is 9.90 Å². The number of aromatic hydroxyl groups is 1. The molecule has 0 spiro atoms. The van der Waals surface area contributed by atoms with E-state index in [9.17, 15) is 9.90 Å². The molecule has 3 rings (SSSR count). The highest BCUT2D eigenvalue weighted by molar-refractivity contribution is 9.10. The molecule has 0 saturated carbocycles.